The Kier molecular flexibility index (Phi) is 5.23. The van der Waals surface area contributed by atoms with Crippen LogP contribution in [0.2, 0.25) is 0 Å². The van der Waals surface area contributed by atoms with E-state index in [1.807, 2.05) is 61.5 Å². The molecule has 2 aromatic carbocycles. The first kappa shape index (κ1) is 14.2. The van der Waals surface area contributed by atoms with Gasteiger partial charge in [0.15, 0.2) is 0 Å². The summed E-state index contributed by atoms with van der Waals surface area (Å²) in [4.78, 5) is 0. The molecule has 1 atom stereocenters. The van der Waals surface area contributed by atoms with Crippen molar-refractivity contribution in [2.75, 3.05) is 13.7 Å². The van der Waals surface area contributed by atoms with Crippen molar-refractivity contribution in [1.82, 2.24) is 0 Å². The fourth-order valence-electron chi connectivity index (χ4n) is 1.84. The zero-order valence-corrected chi connectivity index (χ0v) is 11.8. The molecule has 1 unspecified atom stereocenters. The maximum atomic E-state index is 5.71. The average molecular weight is 266 g/mol. The normalized spacial score (nSPS) is 11.3. The first-order valence-electron chi connectivity index (χ1n) is 6.65. The van der Waals surface area contributed by atoms with Crippen molar-refractivity contribution >= 4 is 0 Å². The smallest absolute Gasteiger partial charge is 0.143 e. The molecule has 20 heavy (non-hydrogen) atoms. The lowest BCUT2D eigenvalue weighted by Gasteiger charge is -2.11. The van der Waals surface area contributed by atoms with Crippen molar-refractivity contribution in [2.24, 2.45) is 0 Å². The van der Waals surface area contributed by atoms with Crippen molar-refractivity contribution in [3.05, 3.63) is 65.7 Å². The Morgan fingerprint density at radius 1 is 1.00 bits per heavy atom. The second-order valence-electron chi connectivity index (χ2n) is 4.24. The molecule has 0 amide bonds. The SMILES string of the molecule is CCOC(C#Cc1ccccc1)c1ccc(OC)cc1. The van der Waals surface area contributed by atoms with Crippen LogP contribution in [-0.2, 0) is 4.74 Å². The van der Waals surface area contributed by atoms with E-state index in [9.17, 15) is 0 Å². The van der Waals surface area contributed by atoms with Gasteiger partial charge in [-0.1, -0.05) is 42.2 Å². The maximum absolute atomic E-state index is 5.71. The van der Waals surface area contributed by atoms with Crippen LogP contribution < -0.4 is 4.74 Å². The van der Waals surface area contributed by atoms with Crippen molar-refractivity contribution in [3.63, 3.8) is 0 Å². The van der Waals surface area contributed by atoms with Gasteiger partial charge in [0.2, 0.25) is 0 Å². The Bertz CT molecular complexity index is 576. The van der Waals surface area contributed by atoms with E-state index in [4.69, 9.17) is 9.47 Å². The van der Waals surface area contributed by atoms with Gasteiger partial charge in [-0.3, -0.25) is 0 Å². The van der Waals surface area contributed by atoms with E-state index >= 15 is 0 Å². The lowest BCUT2D eigenvalue weighted by molar-refractivity contribution is 0.103. The molecule has 0 saturated heterocycles. The van der Waals surface area contributed by atoms with Crippen LogP contribution in [0.3, 0.4) is 0 Å². The van der Waals surface area contributed by atoms with Gasteiger partial charge < -0.3 is 9.47 Å². The second-order valence-corrected chi connectivity index (χ2v) is 4.24. The highest BCUT2D eigenvalue weighted by atomic mass is 16.5. The minimum absolute atomic E-state index is 0.217. The molecule has 102 valence electrons. The molecule has 0 heterocycles. The molecular formula is C18H18O2. The number of rotatable bonds is 4. The van der Waals surface area contributed by atoms with Gasteiger partial charge in [0.1, 0.15) is 11.9 Å². The Morgan fingerprint density at radius 3 is 2.30 bits per heavy atom. The monoisotopic (exact) mass is 266 g/mol. The molecular weight excluding hydrogens is 248 g/mol. The summed E-state index contributed by atoms with van der Waals surface area (Å²) in [6.07, 6.45) is -0.217. The van der Waals surface area contributed by atoms with Crippen LogP contribution in [0.5, 0.6) is 5.75 Å². The summed E-state index contributed by atoms with van der Waals surface area (Å²) in [6, 6.07) is 17.7. The van der Waals surface area contributed by atoms with Gasteiger partial charge in [-0.05, 0) is 36.8 Å². The standard InChI is InChI=1S/C18H18O2/c1-3-20-18(14-9-15-7-5-4-6-8-15)16-10-12-17(19-2)13-11-16/h4-8,10-13,18H,3H2,1-2H3. The molecule has 0 radical (unpaired) electrons. The van der Waals surface area contributed by atoms with Gasteiger partial charge in [0.25, 0.3) is 0 Å². The molecule has 0 aliphatic heterocycles. The zero-order valence-electron chi connectivity index (χ0n) is 11.8. The third-order valence-corrected chi connectivity index (χ3v) is 2.87. The van der Waals surface area contributed by atoms with Crippen LogP contribution in [0.15, 0.2) is 54.6 Å². The van der Waals surface area contributed by atoms with Gasteiger partial charge in [0, 0.05) is 12.2 Å². The minimum Gasteiger partial charge on any atom is -0.497 e. The van der Waals surface area contributed by atoms with E-state index in [1.165, 1.54) is 0 Å². The van der Waals surface area contributed by atoms with Crippen LogP contribution in [0, 0.1) is 11.8 Å². The quantitative estimate of drug-likeness (QED) is 0.783. The zero-order chi connectivity index (χ0) is 14.2. The highest BCUT2D eigenvalue weighted by molar-refractivity contribution is 5.38. The van der Waals surface area contributed by atoms with Crippen molar-refractivity contribution < 1.29 is 9.47 Å². The van der Waals surface area contributed by atoms with E-state index in [1.54, 1.807) is 7.11 Å². The minimum atomic E-state index is -0.217. The summed E-state index contributed by atoms with van der Waals surface area (Å²) in [6.45, 7) is 2.60. The first-order valence-corrected chi connectivity index (χ1v) is 6.65. The molecule has 0 N–H and O–H groups in total. The molecule has 2 nitrogen and oxygen atoms in total. The molecule has 0 aliphatic carbocycles. The van der Waals surface area contributed by atoms with Crippen LogP contribution >= 0.6 is 0 Å². The highest BCUT2D eigenvalue weighted by Gasteiger charge is 2.07. The summed E-state index contributed by atoms with van der Waals surface area (Å²) < 4.78 is 10.9. The fraction of sp³-hybridized carbons (Fsp3) is 0.222. The lowest BCUT2D eigenvalue weighted by atomic mass is 10.1. The van der Waals surface area contributed by atoms with E-state index in [0.717, 1.165) is 16.9 Å². The molecule has 0 aliphatic rings. The molecule has 0 aromatic heterocycles. The summed E-state index contributed by atoms with van der Waals surface area (Å²) in [7, 11) is 1.66. The Morgan fingerprint density at radius 2 is 1.70 bits per heavy atom. The third kappa shape index (κ3) is 3.88. The molecule has 2 aromatic rings. The molecule has 2 heteroatoms. The van der Waals surface area contributed by atoms with Crippen molar-refractivity contribution in [3.8, 4) is 17.6 Å². The Hall–Kier alpha value is -2.24. The van der Waals surface area contributed by atoms with Gasteiger partial charge in [0.05, 0.1) is 7.11 Å². The number of ether oxygens (including phenoxy) is 2. The van der Waals surface area contributed by atoms with Crippen LogP contribution in [0.25, 0.3) is 0 Å². The van der Waals surface area contributed by atoms with Crippen LogP contribution in [-0.4, -0.2) is 13.7 Å². The lowest BCUT2D eigenvalue weighted by Crippen LogP contribution is -2.01. The molecule has 0 bridgehead atoms. The summed E-state index contributed by atoms with van der Waals surface area (Å²) >= 11 is 0. The van der Waals surface area contributed by atoms with Gasteiger partial charge in [-0.15, -0.1) is 0 Å². The Labute approximate surface area is 120 Å². The summed E-state index contributed by atoms with van der Waals surface area (Å²) in [5.41, 5.74) is 2.03. The van der Waals surface area contributed by atoms with Gasteiger partial charge >= 0.3 is 0 Å². The molecule has 2 rings (SSSR count). The fourth-order valence-corrected chi connectivity index (χ4v) is 1.84. The van der Waals surface area contributed by atoms with E-state index in [-0.39, 0.29) is 6.10 Å². The maximum Gasteiger partial charge on any atom is 0.143 e. The van der Waals surface area contributed by atoms with E-state index < -0.39 is 0 Å². The molecule has 0 fully saturated rings. The highest BCUT2D eigenvalue weighted by Crippen LogP contribution is 2.20. The predicted octanol–water partition coefficient (Wildman–Crippen LogP) is 3.82. The number of hydrogen-bond donors (Lipinski definition) is 0. The topological polar surface area (TPSA) is 18.5 Å². The van der Waals surface area contributed by atoms with Crippen LogP contribution in [0.4, 0.5) is 0 Å². The number of methoxy groups -OCH3 is 1. The molecule has 0 spiro atoms. The van der Waals surface area contributed by atoms with Crippen molar-refractivity contribution in [2.45, 2.75) is 13.0 Å². The predicted molar refractivity (Wildman–Crippen MR) is 80.7 cm³/mol. The van der Waals surface area contributed by atoms with Crippen LogP contribution in [0.1, 0.15) is 24.2 Å². The third-order valence-electron chi connectivity index (χ3n) is 2.87. The summed E-state index contributed by atoms with van der Waals surface area (Å²) in [5, 5.41) is 0. The van der Waals surface area contributed by atoms with Crippen molar-refractivity contribution in [1.29, 1.82) is 0 Å². The number of benzene rings is 2. The van der Waals surface area contributed by atoms with Gasteiger partial charge in [-0.25, -0.2) is 0 Å². The van der Waals surface area contributed by atoms with E-state index in [0.29, 0.717) is 6.61 Å². The summed E-state index contributed by atoms with van der Waals surface area (Å²) in [5.74, 6) is 7.16. The first-order chi connectivity index (χ1) is 9.83. The van der Waals surface area contributed by atoms with E-state index in [2.05, 4.69) is 11.8 Å². The second kappa shape index (κ2) is 7.37. The Balaban J connectivity index is 2.20. The average Bonchev–Trinajstić information content (AvgIpc) is 2.52. The largest absolute Gasteiger partial charge is 0.497 e. The number of hydrogen-bond acceptors (Lipinski definition) is 2. The van der Waals surface area contributed by atoms with Gasteiger partial charge in [-0.2, -0.15) is 0 Å². The molecule has 0 saturated carbocycles.